The van der Waals surface area contributed by atoms with Gasteiger partial charge in [0.05, 0.1) is 11.9 Å². The first-order valence-corrected chi connectivity index (χ1v) is 12.1. The Labute approximate surface area is 169 Å². The van der Waals surface area contributed by atoms with Gasteiger partial charge in [-0.3, -0.25) is 0 Å². The molecule has 2 aromatic rings. The number of hydrogen-bond acceptors (Lipinski definition) is 5. The fraction of sp³-hybridized carbons (Fsp3) is 0.294. The van der Waals surface area contributed by atoms with Gasteiger partial charge in [0.2, 0.25) is 20.0 Å². The van der Waals surface area contributed by atoms with Crippen LogP contribution in [0.1, 0.15) is 5.56 Å². The lowest BCUT2D eigenvalue weighted by Crippen LogP contribution is -2.38. The second kappa shape index (κ2) is 8.70. The molecule has 0 atom stereocenters. The van der Waals surface area contributed by atoms with Crippen LogP contribution < -0.4 is 5.73 Å². The van der Waals surface area contributed by atoms with Crippen molar-refractivity contribution < 1.29 is 16.8 Å². The van der Waals surface area contributed by atoms with Gasteiger partial charge in [-0.15, -0.1) is 0 Å². The molecule has 2 N–H and O–H groups in total. The molecule has 0 amide bonds. The lowest BCUT2D eigenvalue weighted by molar-refractivity contribution is 0.366. The Morgan fingerprint density at radius 2 is 1.63 bits per heavy atom. The molecule has 0 aromatic heterocycles. The standard InChI is InChI=1S/C17H22BrN3O4S2/c1-20(27(24,25)17-12-15(18)8-9-16(17)19)10-11-21(26(2,22)23)13-14-6-4-3-5-7-14/h3-9,12H,10-11,13,19H2,1-2H3. The van der Waals surface area contributed by atoms with E-state index in [0.717, 1.165) is 16.1 Å². The second-order valence-corrected chi connectivity index (χ2v) is 11.0. The minimum atomic E-state index is -3.85. The Kier molecular flexibility index (Phi) is 7.03. The molecule has 0 saturated heterocycles. The summed E-state index contributed by atoms with van der Waals surface area (Å²) in [6.45, 7) is 0.193. The van der Waals surface area contributed by atoms with Crippen molar-refractivity contribution in [3.63, 3.8) is 0 Å². The number of hydrogen-bond donors (Lipinski definition) is 1. The molecule has 0 saturated carbocycles. The van der Waals surface area contributed by atoms with E-state index in [9.17, 15) is 16.8 Å². The maximum absolute atomic E-state index is 12.8. The summed E-state index contributed by atoms with van der Waals surface area (Å²) in [5.74, 6) is 0. The normalized spacial score (nSPS) is 12.6. The highest BCUT2D eigenvalue weighted by Crippen LogP contribution is 2.25. The first-order chi connectivity index (χ1) is 12.5. The first-order valence-electron chi connectivity index (χ1n) is 8.02. The van der Waals surface area contributed by atoms with Crippen LogP contribution in [0, 0.1) is 0 Å². The van der Waals surface area contributed by atoms with E-state index in [0.29, 0.717) is 4.47 Å². The smallest absolute Gasteiger partial charge is 0.244 e. The van der Waals surface area contributed by atoms with Crippen LogP contribution in [0.15, 0.2) is 57.9 Å². The molecule has 10 heteroatoms. The van der Waals surface area contributed by atoms with Crippen LogP contribution in [0.3, 0.4) is 0 Å². The van der Waals surface area contributed by atoms with Gasteiger partial charge in [-0.1, -0.05) is 46.3 Å². The van der Waals surface area contributed by atoms with Crippen LogP contribution in [-0.4, -0.2) is 51.8 Å². The third kappa shape index (κ3) is 5.76. The Morgan fingerprint density at radius 1 is 1.00 bits per heavy atom. The minimum Gasteiger partial charge on any atom is -0.398 e. The quantitative estimate of drug-likeness (QED) is 0.589. The Bertz CT molecular complexity index is 996. The van der Waals surface area contributed by atoms with Crippen molar-refractivity contribution in [2.24, 2.45) is 0 Å². The van der Waals surface area contributed by atoms with E-state index in [2.05, 4.69) is 15.9 Å². The number of nitrogen functional groups attached to an aromatic ring is 1. The molecule has 0 spiro atoms. The van der Waals surface area contributed by atoms with Crippen molar-refractivity contribution >= 4 is 41.7 Å². The maximum Gasteiger partial charge on any atom is 0.244 e. The average Bonchev–Trinajstić information content (AvgIpc) is 2.60. The predicted molar refractivity (Wildman–Crippen MR) is 110 cm³/mol. The molecule has 0 heterocycles. The van der Waals surface area contributed by atoms with Crippen LogP contribution in [-0.2, 0) is 26.6 Å². The van der Waals surface area contributed by atoms with Crippen molar-refractivity contribution in [3.8, 4) is 0 Å². The van der Waals surface area contributed by atoms with Crippen molar-refractivity contribution in [1.82, 2.24) is 8.61 Å². The van der Waals surface area contributed by atoms with E-state index in [-0.39, 0.29) is 30.2 Å². The van der Waals surface area contributed by atoms with Gasteiger partial charge in [0.25, 0.3) is 0 Å². The lowest BCUT2D eigenvalue weighted by atomic mass is 10.2. The van der Waals surface area contributed by atoms with E-state index >= 15 is 0 Å². The van der Waals surface area contributed by atoms with Gasteiger partial charge in [-0.2, -0.15) is 8.61 Å². The third-order valence-electron chi connectivity index (χ3n) is 4.00. The van der Waals surface area contributed by atoms with E-state index in [1.807, 2.05) is 30.3 Å². The van der Waals surface area contributed by atoms with Gasteiger partial charge in [-0.05, 0) is 23.8 Å². The van der Waals surface area contributed by atoms with E-state index in [1.54, 1.807) is 6.07 Å². The highest BCUT2D eigenvalue weighted by Gasteiger charge is 2.25. The number of nitrogens with zero attached hydrogens (tertiary/aromatic N) is 2. The van der Waals surface area contributed by atoms with E-state index in [1.165, 1.54) is 23.5 Å². The second-order valence-electron chi connectivity index (χ2n) is 6.09. The summed E-state index contributed by atoms with van der Waals surface area (Å²) in [6, 6.07) is 13.7. The molecule has 148 valence electrons. The van der Waals surface area contributed by atoms with Crippen LogP contribution in [0.2, 0.25) is 0 Å². The third-order valence-corrected chi connectivity index (χ3v) is 7.65. The van der Waals surface area contributed by atoms with Gasteiger partial charge >= 0.3 is 0 Å². The number of halogens is 1. The monoisotopic (exact) mass is 475 g/mol. The van der Waals surface area contributed by atoms with Gasteiger partial charge in [0, 0.05) is 31.2 Å². The van der Waals surface area contributed by atoms with Gasteiger partial charge < -0.3 is 5.73 Å². The SMILES string of the molecule is CN(CCN(Cc1ccccc1)S(C)(=O)=O)S(=O)(=O)c1cc(Br)ccc1N. The minimum absolute atomic E-state index is 0.00576. The molecule has 0 fully saturated rings. The van der Waals surface area contributed by atoms with Gasteiger partial charge in [0.1, 0.15) is 4.90 Å². The molecular weight excluding hydrogens is 454 g/mol. The van der Waals surface area contributed by atoms with Crippen LogP contribution in [0.5, 0.6) is 0 Å². The van der Waals surface area contributed by atoms with E-state index in [4.69, 9.17) is 5.73 Å². The summed E-state index contributed by atoms with van der Waals surface area (Å²) in [5.41, 5.74) is 6.77. The molecule has 27 heavy (non-hydrogen) atoms. The first kappa shape index (κ1) is 21.8. The van der Waals surface area contributed by atoms with E-state index < -0.39 is 20.0 Å². The molecule has 0 radical (unpaired) electrons. The molecule has 0 aliphatic carbocycles. The average molecular weight is 476 g/mol. The van der Waals surface area contributed by atoms with Crippen molar-refractivity contribution in [3.05, 3.63) is 58.6 Å². The van der Waals surface area contributed by atoms with Gasteiger partial charge in [0.15, 0.2) is 0 Å². The zero-order valence-electron chi connectivity index (χ0n) is 15.0. The maximum atomic E-state index is 12.8. The fourth-order valence-corrected chi connectivity index (χ4v) is 5.03. The number of rotatable bonds is 8. The number of sulfonamides is 2. The summed E-state index contributed by atoms with van der Waals surface area (Å²) in [5, 5.41) is 0. The summed E-state index contributed by atoms with van der Waals surface area (Å²) in [6.07, 6.45) is 1.11. The summed E-state index contributed by atoms with van der Waals surface area (Å²) >= 11 is 3.24. The number of anilines is 1. The highest BCUT2D eigenvalue weighted by molar-refractivity contribution is 9.10. The van der Waals surface area contributed by atoms with Crippen molar-refractivity contribution in [2.45, 2.75) is 11.4 Å². The number of nitrogens with two attached hydrogens (primary N) is 1. The van der Waals surface area contributed by atoms with Crippen molar-refractivity contribution in [1.29, 1.82) is 0 Å². The van der Waals surface area contributed by atoms with Crippen LogP contribution in [0.25, 0.3) is 0 Å². The Hall–Kier alpha value is -1.46. The predicted octanol–water partition coefficient (Wildman–Crippen LogP) is 2.11. The summed E-state index contributed by atoms with van der Waals surface area (Å²) in [4.78, 5) is -0.0201. The fourth-order valence-electron chi connectivity index (χ4n) is 2.42. The van der Waals surface area contributed by atoms with Gasteiger partial charge in [-0.25, -0.2) is 16.8 Å². The molecule has 2 rings (SSSR count). The van der Waals surface area contributed by atoms with Crippen molar-refractivity contribution in [2.75, 3.05) is 32.1 Å². The summed E-state index contributed by atoms with van der Waals surface area (Å²) < 4.78 is 52.7. The zero-order chi connectivity index (χ0) is 20.2. The van der Waals surface area contributed by atoms with Crippen LogP contribution in [0.4, 0.5) is 5.69 Å². The zero-order valence-corrected chi connectivity index (χ0v) is 18.3. The Morgan fingerprint density at radius 3 is 2.22 bits per heavy atom. The molecule has 0 aliphatic heterocycles. The molecule has 2 aromatic carbocycles. The number of likely N-dealkylation sites (N-methyl/N-ethyl adjacent to an activating group) is 1. The lowest BCUT2D eigenvalue weighted by Gasteiger charge is -2.24. The number of benzene rings is 2. The molecule has 0 unspecified atom stereocenters. The van der Waals surface area contributed by atoms with Crippen LogP contribution >= 0.6 is 15.9 Å². The molecule has 0 aliphatic rings. The largest absolute Gasteiger partial charge is 0.398 e. The molecule has 7 nitrogen and oxygen atoms in total. The molecular formula is C17H22BrN3O4S2. The Balaban J connectivity index is 2.17. The highest BCUT2D eigenvalue weighted by atomic mass is 79.9. The molecule has 0 bridgehead atoms. The topological polar surface area (TPSA) is 101 Å². The summed E-state index contributed by atoms with van der Waals surface area (Å²) in [7, 11) is -5.95.